The van der Waals surface area contributed by atoms with E-state index in [2.05, 4.69) is 16.4 Å². The molecular weight excluding hydrogens is 252 g/mol. The predicted molar refractivity (Wildman–Crippen MR) is 78.8 cm³/mol. The molecule has 3 rings (SSSR count). The Bertz CT molecular complexity index is 694. The first-order valence-corrected chi connectivity index (χ1v) is 6.67. The van der Waals surface area contributed by atoms with Crippen molar-refractivity contribution in [2.75, 3.05) is 5.32 Å². The van der Waals surface area contributed by atoms with Crippen LogP contribution in [0, 0.1) is 12.8 Å². The number of nitrogens with one attached hydrogen (secondary N) is 1. The Morgan fingerprint density at radius 2 is 2.15 bits per heavy atom. The van der Waals surface area contributed by atoms with Crippen molar-refractivity contribution in [1.29, 1.82) is 0 Å². The Balaban J connectivity index is 1.83. The molecule has 102 valence electrons. The van der Waals surface area contributed by atoms with E-state index in [1.807, 2.05) is 37.3 Å². The van der Waals surface area contributed by atoms with Gasteiger partial charge in [0.25, 0.3) is 0 Å². The third-order valence-corrected chi connectivity index (χ3v) is 3.64. The molecule has 1 aliphatic carbocycles. The minimum Gasteiger partial charge on any atom is -0.481 e. The Morgan fingerprint density at radius 3 is 2.90 bits per heavy atom. The van der Waals surface area contributed by atoms with Crippen LogP contribution in [-0.2, 0) is 4.79 Å². The van der Waals surface area contributed by atoms with Gasteiger partial charge in [-0.05, 0) is 31.0 Å². The second-order valence-corrected chi connectivity index (χ2v) is 5.16. The lowest BCUT2D eigenvalue weighted by Gasteiger charge is -2.15. The minimum atomic E-state index is -0.770. The summed E-state index contributed by atoms with van der Waals surface area (Å²) in [4.78, 5) is 15.6. The summed E-state index contributed by atoms with van der Waals surface area (Å²) in [5.74, 6) is -0.341. The molecule has 4 nitrogen and oxygen atoms in total. The fourth-order valence-corrected chi connectivity index (χ4v) is 2.53. The van der Waals surface area contributed by atoms with E-state index in [1.54, 1.807) is 6.08 Å². The molecule has 1 aromatic heterocycles. The van der Waals surface area contributed by atoms with Crippen LogP contribution in [0.2, 0.25) is 0 Å². The highest BCUT2D eigenvalue weighted by atomic mass is 16.4. The summed E-state index contributed by atoms with van der Waals surface area (Å²) in [5, 5.41) is 13.4. The lowest BCUT2D eigenvalue weighted by Crippen LogP contribution is -2.19. The Hall–Kier alpha value is -2.36. The number of aliphatic carboxylic acids is 1. The highest BCUT2D eigenvalue weighted by Gasteiger charge is 2.24. The van der Waals surface area contributed by atoms with E-state index >= 15 is 0 Å². The third-order valence-electron chi connectivity index (χ3n) is 3.64. The van der Waals surface area contributed by atoms with E-state index in [9.17, 15) is 4.79 Å². The molecule has 0 bridgehead atoms. The van der Waals surface area contributed by atoms with Crippen LogP contribution in [0.4, 0.5) is 5.82 Å². The Kier molecular flexibility index (Phi) is 3.14. The lowest BCUT2D eigenvalue weighted by atomic mass is 10.1. The van der Waals surface area contributed by atoms with Gasteiger partial charge in [-0.15, -0.1) is 0 Å². The number of fused-ring (bicyclic) bond motifs is 1. The largest absolute Gasteiger partial charge is 0.481 e. The molecule has 2 N–H and O–H groups in total. The Labute approximate surface area is 117 Å². The molecule has 0 radical (unpaired) electrons. The van der Waals surface area contributed by atoms with Gasteiger partial charge in [-0.3, -0.25) is 4.79 Å². The van der Waals surface area contributed by atoms with Gasteiger partial charge in [0.2, 0.25) is 0 Å². The number of rotatable bonds is 3. The van der Waals surface area contributed by atoms with Crippen LogP contribution in [0.15, 0.2) is 42.5 Å². The van der Waals surface area contributed by atoms with Gasteiger partial charge in [0, 0.05) is 11.4 Å². The van der Waals surface area contributed by atoms with Crippen molar-refractivity contribution in [3.05, 3.63) is 48.0 Å². The van der Waals surface area contributed by atoms with Gasteiger partial charge < -0.3 is 10.4 Å². The summed E-state index contributed by atoms with van der Waals surface area (Å²) in [5.41, 5.74) is 2.01. The zero-order valence-electron chi connectivity index (χ0n) is 11.2. The first kappa shape index (κ1) is 12.7. The smallest absolute Gasteiger partial charge is 0.310 e. The molecule has 2 atom stereocenters. The number of benzene rings is 1. The maximum Gasteiger partial charge on any atom is 0.310 e. The zero-order valence-corrected chi connectivity index (χ0v) is 11.2. The quantitative estimate of drug-likeness (QED) is 0.840. The van der Waals surface area contributed by atoms with Crippen LogP contribution in [-0.4, -0.2) is 22.1 Å². The van der Waals surface area contributed by atoms with Crippen molar-refractivity contribution < 1.29 is 9.90 Å². The summed E-state index contributed by atoms with van der Waals surface area (Å²) in [6.07, 6.45) is 4.23. The van der Waals surface area contributed by atoms with E-state index in [1.165, 1.54) is 0 Å². The van der Waals surface area contributed by atoms with Gasteiger partial charge in [-0.1, -0.05) is 30.4 Å². The maximum absolute atomic E-state index is 10.9. The molecule has 1 aromatic carbocycles. The van der Waals surface area contributed by atoms with Crippen LogP contribution in [0.3, 0.4) is 0 Å². The van der Waals surface area contributed by atoms with Gasteiger partial charge in [-0.2, -0.15) is 0 Å². The Morgan fingerprint density at radius 1 is 1.35 bits per heavy atom. The summed E-state index contributed by atoms with van der Waals surface area (Å²) >= 11 is 0. The van der Waals surface area contributed by atoms with Crippen LogP contribution in [0.5, 0.6) is 0 Å². The number of pyridine rings is 1. The number of carboxylic acids is 1. The van der Waals surface area contributed by atoms with E-state index in [0.717, 1.165) is 22.3 Å². The third kappa shape index (κ3) is 2.37. The first-order valence-electron chi connectivity index (χ1n) is 6.67. The van der Waals surface area contributed by atoms with Gasteiger partial charge in [0.05, 0.1) is 11.4 Å². The topological polar surface area (TPSA) is 62.2 Å². The molecule has 0 amide bonds. The standard InChI is InChI=1S/C16H16N2O2/c1-10-8-11-4-2-3-5-14(11)18-15(10)17-13-7-6-12(9-13)16(19)20/h2-8,12-13H,9H2,1H3,(H,17,18)(H,19,20). The van der Waals surface area contributed by atoms with Crippen LogP contribution in [0.25, 0.3) is 10.9 Å². The van der Waals surface area contributed by atoms with Crippen molar-refractivity contribution in [2.24, 2.45) is 5.92 Å². The average Bonchev–Trinajstić information content (AvgIpc) is 2.88. The molecule has 20 heavy (non-hydrogen) atoms. The van der Waals surface area contributed by atoms with Gasteiger partial charge in [0.15, 0.2) is 0 Å². The van der Waals surface area contributed by atoms with Gasteiger partial charge in [-0.25, -0.2) is 4.98 Å². The molecule has 0 aliphatic heterocycles. The molecule has 0 saturated heterocycles. The lowest BCUT2D eigenvalue weighted by molar-refractivity contribution is -0.140. The van der Waals surface area contributed by atoms with E-state index in [0.29, 0.717) is 6.42 Å². The number of anilines is 1. The van der Waals surface area contributed by atoms with Crippen molar-refractivity contribution in [3.63, 3.8) is 0 Å². The average molecular weight is 268 g/mol. The molecule has 2 unspecified atom stereocenters. The normalized spacial score (nSPS) is 21.2. The molecule has 0 fully saturated rings. The highest BCUT2D eigenvalue weighted by Crippen LogP contribution is 2.24. The molecule has 2 aromatic rings. The van der Waals surface area contributed by atoms with E-state index < -0.39 is 11.9 Å². The molecule has 4 heteroatoms. The number of carboxylic acid groups (broad SMARTS) is 1. The number of para-hydroxylation sites is 1. The highest BCUT2D eigenvalue weighted by molar-refractivity contribution is 5.81. The summed E-state index contributed by atoms with van der Waals surface area (Å²) in [7, 11) is 0. The molecule has 1 aliphatic rings. The van der Waals surface area contributed by atoms with Gasteiger partial charge >= 0.3 is 5.97 Å². The summed E-state index contributed by atoms with van der Waals surface area (Å²) < 4.78 is 0. The van der Waals surface area contributed by atoms with Crippen LogP contribution < -0.4 is 5.32 Å². The molecule has 0 spiro atoms. The fourth-order valence-electron chi connectivity index (χ4n) is 2.53. The summed E-state index contributed by atoms with van der Waals surface area (Å²) in [6, 6.07) is 10.1. The van der Waals surface area contributed by atoms with E-state index in [-0.39, 0.29) is 6.04 Å². The van der Waals surface area contributed by atoms with Crippen molar-refractivity contribution >= 4 is 22.7 Å². The molecular formula is C16H16N2O2. The first-order chi connectivity index (χ1) is 9.63. The minimum absolute atomic E-state index is 0.0310. The second kappa shape index (κ2) is 4.96. The van der Waals surface area contributed by atoms with Crippen molar-refractivity contribution in [1.82, 2.24) is 4.98 Å². The van der Waals surface area contributed by atoms with Crippen LogP contribution in [0.1, 0.15) is 12.0 Å². The van der Waals surface area contributed by atoms with E-state index in [4.69, 9.17) is 5.11 Å². The number of hydrogen-bond donors (Lipinski definition) is 2. The second-order valence-electron chi connectivity index (χ2n) is 5.16. The van der Waals surface area contributed by atoms with Crippen molar-refractivity contribution in [2.45, 2.75) is 19.4 Å². The number of carbonyl (C=O) groups is 1. The SMILES string of the molecule is Cc1cc2ccccc2nc1NC1C=CC(C(=O)O)C1. The monoisotopic (exact) mass is 268 g/mol. The maximum atomic E-state index is 10.9. The number of hydrogen-bond acceptors (Lipinski definition) is 3. The molecule has 0 saturated carbocycles. The number of nitrogens with zero attached hydrogens (tertiary/aromatic N) is 1. The van der Waals surface area contributed by atoms with Gasteiger partial charge in [0.1, 0.15) is 5.82 Å². The number of aromatic nitrogens is 1. The molecule has 1 heterocycles. The summed E-state index contributed by atoms with van der Waals surface area (Å²) in [6.45, 7) is 2.01. The van der Waals surface area contributed by atoms with Crippen LogP contribution >= 0.6 is 0 Å². The van der Waals surface area contributed by atoms with Crippen molar-refractivity contribution in [3.8, 4) is 0 Å². The zero-order chi connectivity index (χ0) is 14.1. The fraction of sp³-hybridized carbons (Fsp3) is 0.250. The number of aryl methyl sites for hydroxylation is 1. The predicted octanol–water partition coefficient (Wildman–Crippen LogP) is 2.98.